The molecule has 10 heteroatoms. The molecule has 32 heavy (non-hydrogen) atoms. The van der Waals surface area contributed by atoms with E-state index in [9.17, 15) is 22.5 Å². The zero-order chi connectivity index (χ0) is 22.9. The van der Waals surface area contributed by atoms with Crippen LogP contribution < -0.4 is 4.72 Å². The number of nitrogens with one attached hydrogen (secondary N) is 1. The van der Waals surface area contributed by atoms with E-state index in [0.717, 1.165) is 54.5 Å². The third-order valence-electron chi connectivity index (χ3n) is 5.80. The van der Waals surface area contributed by atoms with E-state index in [1.165, 1.54) is 0 Å². The predicted octanol–water partition coefficient (Wildman–Crippen LogP) is 3.98. The SMILES string of the molecule is Cc1ccc2c(c1)c(C#N)c(-c1ncc(S(=O)(=O)NC(CF)CF)cn1)n2C1CCCC1. The zero-order valence-electron chi connectivity index (χ0n) is 17.6. The van der Waals surface area contributed by atoms with Crippen LogP contribution >= 0.6 is 0 Å². The molecule has 7 nitrogen and oxygen atoms in total. The number of aryl methyl sites for hydroxylation is 1. The Morgan fingerprint density at radius 2 is 1.88 bits per heavy atom. The van der Waals surface area contributed by atoms with Gasteiger partial charge in [-0.3, -0.25) is 0 Å². The van der Waals surface area contributed by atoms with Gasteiger partial charge in [-0.15, -0.1) is 0 Å². The molecular weight excluding hydrogens is 436 g/mol. The molecule has 0 atom stereocenters. The monoisotopic (exact) mass is 459 g/mol. The van der Waals surface area contributed by atoms with Gasteiger partial charge >= 0.3 is 0 Å². The molecule has 1 aliphatic rings. The molecule has 0 unspecified atom stereocenters. The number of hydrogen-bond donors (Lipinski definition) is 1. The molecule has 4 rings (SSSR count). The molecule has 1 N–H and O–H groups in total. The van der Waals surface area contributed by atoms with Gasteiger partial charge in [-0.2, -0.15) is 5.26 Å². The van der Waals surface area contributed by atoms with Crippen molar-refractivity contribution >= 4 is 20.9 Å². The van der Waals surface area contributed by atoms with Gasteiger partial charge in [0.05, 0.1) is 29.5 Å². The Balaban J connectivity index is 1.83. The number of rotatable bonds is 7. The molecule has 1 saturated carbocycles. The maximum Gasteiger partial charge on any atom is 0.244 e. The predicted molar refractivity (Wildman–Crippen MR) is 116 cm³/mol. The summed E-state index contributed by atoms with van der Waals surface area (Å²) in [5.74, 6) is 0.230. The summed E-state index contributed by atoms with van der Waals surface area (Å²) in [7, 11) is -4.18. The van der Waals surface area contributed by atoms with Crippen molar-refractivity contribution in [2.45, 2.75) is 49.6 Å². The average Bonchev–Trinajstić information content (AvgIpc) is 3.43. The lowest BCUT2D eigenvalue weighted by Gasteiger charge is -2.17. The third kappa shape index (κ3) is 3.98. The summed E-state index contributed by atoms with van der Waals surface area (Å²) in [6, 6.07) is 6.96. The largest absolute Gasteiger partial charge is 0.334 e. The Kier molecular flexibility index (Phi) is 6.22. The Hall–Kier alpha value is -2.90. The third-order valence-corrected chi connectivity index (χ3v) is 7.28. The van der Waals surface area contributed by atoms with Crippen LogP contribution in [0.15, 0.2) is 35.5 Å². The summed E-state index contributed by atoms with van der Waals surface area (Å²) in [5.41, 5.74) is 2.94. The molecule has 1 aliphatic carbocycles. The Morgan fingerprint density at radius 3 is 2.47 bits per heavy atom. The van der Waals surface area contributed by atoms with Crippen LogP contribution in [0.4, 0.5) is 8.78 Å². The highest BCUT2D eigenvalue weighted by atomic mass is 32.2. The van der Waals surface area contributed by atoms with Crippen LogP contribution in [0.25, 0.3) is 22.4 Å². The van der Waals surface area contributed by atoms with Gasteiger partial charge < -0.3 is 4.57 Å². The maximum absolute atomic E-state index is 12.8. The lowest BCUT2D eigenvalue weighted by Crippen LogP contribution is -2.38. The van der Waals surface area contributed by atoms with Gasteiger partial charge in [0, 0.05) is 11.4 Å². The van der Waals surface area contributed by atoms with Crippen LogP contribution in [-0.4, -0.2) is 42.3 Å². The Morgan fingerprint density at radius 1 is 1.22 bits per heavy atom. The lowest BCUT2D eigenvalue weighted by molar-refractivity contribution is 0.334. The van der Waals surface area contributed by atoms with E-state index in [2.05, 4.69) is 20.6 Å². The van der Waals surface area contributed by atoms with Gasteiger partial charge in [-0.05, 0) is 31.9 Å². The summed E-state index contributed by atoms with van der Waals surface area (Å²) < 4.78 is 54.4. The second kappa shape index (κ2) is 8.92. The molecular formula is C22H23F2N5O2S. The molecule has 0 amide bonds. The topological polar surface area (TPSA) is 101 Å². The minimum atomic E-state index is -4.18. The molecule has 0 saturated heterocycles. The van der Waals surface area contributed by atoms with E-state index in [-0.39, 0.29) is 16.8 Å². The molecule has 0 bridgehead atoms. The summed E-state index contributed by atoms with van der Waals surface area (Å²) in [6.45, 7) is -0.374. The molecule has 1 fully saturated rings. The van der Waals surface area contributed by atoms with Crippen molar-refractivity contribution in [1.82, 2.24) is 19.3 Å². The number of nitriles is 1. The number of aromatic nitrogens is 3. The molecule has 2 heterocycles. The number of sulfonamides is 1. The first-order valence-electron chi connectivity index (χ1n) is 10.4. The van der Waals surface area contributed by atoms with Crippen molar-refractivity contribution in [3.05, 3.63) is 41.7 Å². The molecule has 1 aromatic carbocycles. The van der Waals surface area contributed by atoms with Crippen molar-refractivity contribution in [3.63, 3.8) is 0 Å². The number of alkyl halides is 2. The number of benzene rings is 1. The minimum Gasteiger partial charge on any atom is -0.334 e. The van der Waals surface area contributed by atoms with Crippen molar-refractivity contribution in [2.75, 3.05) is 13.3 Å². The zero-order valence-corrected chi connectivity index (χ0v) is 18.4. The lowest BCUT2D eigenvalue weighted by atomic mass is 10.1. The van der Waals surface area contributed by atoms with Gasteiger partial charge in [0.2, 0.25) is 10.0 Å². The van der Waals surface area contributed by atoms with E-state index in [1.807, 2.05) is 29.8 Å². The first kappa shape index (κ1) is 22.3. The Labute approximate surface area is 185 Å². The van der Waals surface area contributed by atoms with E-state index in [0.29, 0.717) is 11.3 Å². The van der Waals surface area contributed by atoms with Crippen molar-refractivity contribution in [3.8, 4) is 17.6 Å². The highest BCUT2D eigenvalue weighted by Crippen LogP contribution is 2.40. The fourth-order valence-corrected chi connectivity index (χ4v) is 5.36. The normalized spacial score (nSPS) is 15.0. The molecule has 0 aliphatic heterocycles. The van der Waals surface area contributed by atoms with Gasteiger partial charge in [0.25, 0.3) is 0 Å². The smallest absolute Gasteiger partial charge is 0.244 e. The summed E-state index contributed by atoms with van der Waals surface area (Å²) >= 11 is 0. The number of fused-ring (bicyclic) bond motifs is 1. The average molecular weight is 460 g/mol. The second-order valence-corrected chi connectivity index (χ2v) is 9.75. The molecule has 3 aromatic rings. The molecule has 0 radical (unpaired) electrons. The van der Waals surface area contributed by atoms with Gasteiger partial charge in [0.15, 0.2) is 5.82 Å². The molecule has 168 valence electrons. The van der Waals surface area contributed by atoms with E-state index >= 15 is 0 Å². The van der Waals surface area contributed by atoms with Crippen LogP contribution in [0.3, 0.4) is 0 Å². The van der Waals surface area contributed by atoms with Crippen LogP contribution in [0.5, 0.6) is 0 Å². The number of hydrogen-bond acceptors (Lipinski definition) is 5. The molecule has 0 spiro atoms. The van der Waals surface area contributed by atoms with Crippen molar-refractivity contribution in [2.24, 2.45) is 0 Å². The van der Waals surface area contributed by atoms with Gasteiger partial charge in [-0.25, -0.2) is 31.9 Å². The summed E-state index contributed by atoms with van der Waals surface area (Å²) in [5, 5.41) is 10.8. The van der Waals surface area contributed by atoms with Crippen molar-refractivity contribution < 1.29 is 17.2 Å². The maximum atomic E-state index is 12.8. The standard InChI is InChI=1S/C22H23F2N5O2S/c1-14-6-7-20-18(8-14)19(11-25)21(29(20)16-4-2-3-5-16)22-26-12-17(13-27-22)32(30,31)28-15(9-23)10-24/h6-8,12-13,15-16,28H,2-5,9-10H2,1H3. The Bertz CT molecular complexity index is 1270. The van der Waals surface area contributed by atoms with Crippen LogP contribution in [-0.2, 0) is 10.0 Å². The van der Waals surface area contributed by atoms with Gasteiger partial charge in [0.1, 0.15) is 30.0 Å². The first-order chi connectivity index (χ1) is 15.4. The minimum absolute atomic E-state index is 0.195. The van der Waals surface area contributed by atoms with E-state index in [1.54, 1.807) is 0 Å². The fourth-order valence-electron chi connectivity index (χ4n) is 4.27. The molecule has 2 aromatic heterocycles. The van der Waals surface area contributed by atoms with Crippen LogP contribution in [0, 0.1) is 18.3 Å². The van der Waals surface area contributed by atoms with E-state index in [4.69, 9.17) is 0 Å². The van der Waals surface area contributed by atoms with Gasteiger partial charge in [-0.1, -0.05) is 24.5 Å². The van der Waals surface area contributed by atoms with E-state index < -0.39 is 29.4 Å². The number of halogens is 2. The van der Waals surface area contributed by atoms with Crippen molar-refractivity contribution in [1.29, 1.82) is 5.26 Å². The second-order valence-electron chi connectivity index (χ2n) is 8.03. The summed E-state index contributed by atoms with van der Waals surface area (Å²) in [4.78, 5) is 8.19. The first-order valence-corrected chi connectivity index (χ1v) is 11.9. The van der Waals surface area contributed by atoms with Crippen LogP contribution in [0.2, 0.25) is 0 Å². The summed E-state index contributed by atoms with van der Waals surface area (Å²) in [6.07, 6.45) is 6.32. The number of nitrogens with zero attached hydrogens (tertiary/aromatic N) is 4. The quantitative estimate of drug-likeness (QED) is 0.576. The van der Waals surface area contributed by atoms with Crippen LogP contribution in [0.1, 0.15) is 42.9 Å². The fraction of sp³-hybridized carbons (Fsp3) is 0.409. The highest BCUT2D eigenvalue weighted by molar-refractivity contribution is 7.89. The highest BCUT2D eigenvalue weighted by Gasteiger charge is 2.28.